The Hall–Kier alpha value is -2.22. The Morgan fingerprint density at radius 1 is 1.15 bits per heavy atom. The highest BCUT2D eigenvalue weighted by atomic mass is 16.5. The van der Waals surface area contributed by atoms with E-state index >= 15 is 0 Å². The predicted octanol–water partition coefficient (Wildman–Crippen LogP) is 4.06. The van der Waals surface area contributed by atoms with E-state index < -0.39 is 0 Å². The number of para-hydroxylation sites is 1. The fraction of sp³-hybridized carbons (Fsp3) is 0.222. The predicted molar refractivity (Wildman–Crippen MR) is 78.3 cm³/mol. The lowest BCUT2D eigenvalue weighted by molar-refractivity contribution is 0.206. The molecule has 0 spiro atoms. The lowest BCUT2D eigenvalue weighted by Crippen LogP contribution is -2.26. The number of aryl methyl sites for hydroxylation is 1. The monoisotopic (exact) mass is 264 g/mol. The van der Waals surface area contributed by atoms with Gasteiger partial charge >= 0.3 is 0 Å². The van der Waals surface area contributed by atoms with Crippen LogP contribution in [0.25, 0.3) is 0 Å². The standard InChI is InChI=1S/C18H16O2/c1-3-7-16-13(5-1)9-10-18(20-16)15-11-12-19-17-8-4-2-6-14(15)17/h1-5,7-8,11-12,18H,6,9-10H2. The second kappa shape index (κ2) is 4.71. The molecule has 0 bridgehead atoms. The zero-order chi connectivity index (χ0) is 13.4. The van der Waals surface area contributed by atoms with Crippen LogP contribution in [0.3, 0.4) is 0 Å². The van der Waals surface area contributed by atoms with Crippen LogP contribution in [0, 0.1) is 0 Å². The smallest absolute Gasteiger partial charge is 0.130 e. The summed E-state index contributed by atoms with van der Waals surface area (Å²) in [6.45, 7) is 0. The third-order valence-electron chi connectivity index (χ3n) is 4.06. The maximum absolute atomic E-state index is 6.20. The van der Waals surface area contributed by atoms with E-state index in [2.05, 4.69) is 30.4 Å². The lowest BCUT2D eigenvalue weighted by Gasteiger charge is -2.30. The number of hydrogen-bond donors (Lipinski definition) is 0. The van der Waals surface area contributed by atoms with Crippen LogP contribution in [-0.2, 0) is 11.2 Å². The molecule has 0 aromatic heterocycles. The minimum absolute atomic E-state index is 0.134. The minimum Gasteiger partial charge on any atom is -0.485 e. The molecule has 0 saturated heterocycles. The molecule has 1 atom stereocenters. The zero-order valence-electron chi connectivity index (χ0n) is 11.2. The maximum atomic E-state index is 6.20. The van der Waals surface area contributed by atoms with Crippen molar-refractivity contribution < 1.29 is 9.47 Å². The molecule has 1 unspecified atom stereocenters. The van der Waals surface area contributed by atoms with Gasteiger partial charge in [-0.05, 0) is 43.0 Å². The van der Waals surface area contributed by atoms with Crippen LogP contribution in [0.15, 0.2) is 71.7 Å². The molecule has 2 nitrogen and oxygen atoms in total. The summed E-state index contributed by atoms with van der Waals surface area (Å²) in [6, 6.07) is 8.32. The van der Waals surface area contributed by atoms with Crippen LogP contribution in [0.4, 0.5) is 0 Å². The van der Waals surface area contributed by atoms with Crippen LogP contribution >= 0.6 is 0 Å². The molecule has 2 heterocycles. The highest BCUT2D eigenvalue weighted by molar-refractivity contribution is 5.48. The molecular formula is C18H16O2. The van der Waals surface area contributed by atoms with Crippen molar-refractivity contribution in [2.45, 2.75) is 25.4 Å². The summed E-state index contributed by atoms with van der Waals surface area (Å²) in [4.78, 5) is 0. The molecule has 0 fully saturated rings. The normalized spacial score (nSPS) is 23.4. The topological polar surface area (TPSA) is 18.5 Å². The van der Waals surface area contributed by atoms with Crippen LogP contribution in [0.5, 0.6) is 5.75 Å². The molecule has 2 aliphatic heterocycles. The summed E-state index contributed by atoms with van der Waals surface area (Å²) in [5.74, 6) is 1.99. The Balaban J connectivity index is 1.69. The maximum Gasteiger partial charge on any atom is 0.130 e. The van der Waals surface area contributed by atoms with E-state index in [1.54, 1.807) is 6.26 Å². The highest BCUT2D eigenvalue weighted by Crippen LogP contribution is 2.36. The van der Waals surface area contributed by atoms with Crippen molar-refractivity contribution in [2.24, 2.45) is 0 Å². The van der Waals surface area contributed by atoms with Gasteiger partial charge in [0.15, 0.2) is 0 Å². The Morgan fingerprint density at radius 2 is 2.10 bits per heavy atom. The molecule has 1 aromatic rings. The van der Waals surface area contributed by atoms with E-state index in [-0.39, 0.29) is 6.10 Å². The van der Waals surface area contributed by atoms with Gasteiger partial charge in [0, 0.05) is 11.1 Å². The first-order valence-electron chi connectivity index (χ1n) is 7.10. The number of fused-ring (bicyclic) bond motifs is 2. The van der Waals surface area contributed by atoms with Gasteiger partial charge in [0.2, 0.25) is 0 Å². The van der Waals surface area contributed by atoms with E-state index in [1.807, 2.05) is 18.2 Å². The third-order valence-corrected chi connectivity index (χ3v) is 4.06. The summed E-state index contributed by atoms with van der Waals surface area (Å²) in [5, 5.41) is 0. The van der Waals surface area contributed by atoms with Crippen molar-refractivity contribution in [1.29, 1.82) is 0 Å². The first kappa shape index (κ1) is 11.6. The Kier molecular flexibility index (Phi) is 2.73. The van der Waals surface area contributed by atoms with Crippen molar-refractivity contribution in [3.63, 3.8) is 0 Å². The Labute approximate surface area is 118 Å². The molecule has 100 valence electrons. The molecular weight excluding hydrogens is 248 g/mol. The van der Waals surface area contributed by atoms with Crippen LogP contribution in [-0.4, -0.2) is 6.10 Å². The van der Waals surface area contributed by atoms with E-state index in [4.69, 9.17) is 9.47 Å². The summed E-state index contributed by atoms with van der Waals surface area (Å²) in [6.07, 6.45) is 13.2. The van der Waals surface area contributed by atoms with E-state index in [0.717, 1.165) is 30.8 Å². The van der Waals surface area contributed by atoms with Crippen LogP contribution in [0.2, 0.25) is 0 Å². The Morgan fingerprint density at radius 3 is 3.10 bits per heavy atom. The molecule has 2 heteroatoms. The molecule has 0 N–H and O–H groups in total. The largest absolute Gasteiger partial charge is 0.485 e. The van der Waals surface area contributed by atoms with E-state index in [9.17, 15) is 0 Å². The molecule has 20 heavy (non-hydrogen) atoms. The number of hydrogen-bond acceptors (Lipinski definition) is 2. The van der Waals surface area contributed by atoms with Crippen LogP contribution < -0.4 is 4.74 Å². The molecule has 0 saturated carbocycles. The number of benzene rings is 1. The summed E-state index contributed by atoms with van der Waals surface area (Å²) in [7, 11) is 0. The SMILES string of the molecule is C1=CCC2=C(C3CCc4ccccc4O3)C=COC2=C1. The van der Waals surface area contributed by atoms with Gasteiger partial charge in [-0.1, -0.05) is 30.4 Å². The van der Waals surface area contributed by atoms with Gasteiger partial charge in [-0.15, -0.1) is 0 Å². The van der Waals surface area contributed by atoms with Gasteiger partial charge in [0.05, 0.1) is 6.26 Å². The van der Waals surface area contributed by atoms with Gasteiger partial charge in [-0.2, -0.15) is 0 Å². The molecule has 0 radical (unpaired) electrons. The van der Waals surface area contributed by atoms with Crippen molar-refractivity contribution in [1.82, 2.24) is 0 Å². The quantitative estimate of drug-likeness (QED) is 0.761. The molecule has 4 rings (SSSR count). The van der Waals surface area contributed by atoms with Crippen LogP contribution in [0.1, 0.15) is 18.4 Å². The van der Waals surface area contributed by atoms with Gasteiger partial charge in [0.1, 0.15) is 17.6 Å². The summed E-state index contributed by atoms with van der Waals surface area (Å²) < 4.78 is 11.8. The lowest BCUT2D eigenvalue weighted by atomic mass is 9.90. The molecule has 1 aliphatic carbocycles. The summed E-state index contributed by atoms with van der Waals surface area (Å²) in [5.41, 5.74) is 3.84. The second-order valence-corrected chi connectivity index (χ2v) is 5.27. The third kappa shape index (κ3) is 1.88. The Bertz CT molecular complexity index is 662. The number of allylic oxidation sites excluding steroid dienone is 4. The average Bonchev–Trinajstić information content (AvgIpc) is 2.54. The van der Waals surface area contributed by atoms with E-state index in [0.29, 0.717) is 0 Å². The first-order valence-corrected chi connectivity index (χ1v) is 7.10. The highest BCUT2D eigenvalue weighted by Gasteiger charge is 2.27. The molecule has 1 aromatic carbocycles. The van der Waals surface area contributed by atoms with Gasteiger partial charge in [-0.25, -0.2) is 0 Å². The van der Waals surface area contributed by atoms with Gasteiger partial charge < -0.3 is 9.47 Å². The fourth-order valence-electron chi connectivity index (χ4n) is 3.04. The molecule has 3 aliphatic rings. The molecule has 0 amide bonds. The number of ether oxygens (including phenoxy) is 2. The fourth-order valence-corrected chi connectivity index (χ4v) is 3.04. The van der Waals surface area contributed by atoms with Crippen molar-refractivity contribution >= 4 is 0 Å². The van der Waals surface area contributed by atoms with Crippen molar-refractivity contribution in [2.75, 3.05) is 0 Å². The van der Waals surface area contributed by atoms with Gasteiger partial charge in [-0.3, -0.25) is 0 Å². The zero-order valence-corrected chi connectivity index (χ0v) is 11.2. The van der Waals surface area contributed by atoms with Gasteiger partial charge in [0.25, 0.3) is 0 Å². The average molecular weight is 264 g/mol. The number of rotatable bonds is 1. The second-order valence-electron chi connectivity index (χ2n) is 5.27. The minimum atomic E-state index is 0.134. The van der Waals surface area contributed by atoms with Crippen molar-refractivity contribution in [3.8, 4) is 5.75 Å². The van der Waals surface area contributed by atoms with Crippen molar-refractivity contribution in [3.05, 3.63) is 77.3 Å². The summed E-state index contributed by atoms with van der Waals surface area (Å²) >= 11 is 0. The first-order chi connectivity index (χ1) is 9.92. The van der Waals surface area contributed by atoms with E-state index in [1.165, 1.54) is 16.7 Å².